The highest BCUT2D eigenvalue weighted by Crippen LogP contribution is 2.24. The molecule has 2 aromatic carbocycles. The Morgan fingerprint density at radius 2 is 1.79 bits per heavy atom. The number of nitrogens with zero attached hydrogens (tertiary/aromatic N) is 2. The molecule has 24 heavy (non-hydrogen) atoms. The van der Waals surface area contributed by atoms with Gasteiger partial charge >= 0.3 is 0 Å². The molecule has 0 bridgehead atoms. The van der Waals surface area contributed by atoms with E-state index in [0.717, 1.165) is 37.4 Å². The molecule has 2 N–H and O–H groups in total. The first-order valence-corrected chi connectivity index (χ1v) is 8.23. The molecule has 0 saturated carbocycles. The van der Waals surface area contributed by atoms with Gasteiger partial charge in [-0.15, -0.1) is 0 Å². The minimum Gasteiger partial charge on any atom is -0.508 e. The maximum atomic E-state index is 11.2. The number of aromatic hydroxyl groups is 1. The maximum Gasteiger partial charge on any atom is 0.221 e. The summed E-state index contributed by atoms with van der Waals surface area (Å²) in [6, 6.07) is 15.6. The number of anilines is 2. The third-order valence-electron chi connectivity index (χ3n) is 4.29. The molecule has 1 fully saturated rings. The Hall–Kier alpha value is -2.53. The van der Waals surface area contributed by atoms with Crippen molar-refractivity contribution in [3.63, 3.8) is 0 Å². The van der Waals surface area contributed by atoms with Crippen molar-refractivity contribution in [1.82, 2.24) is 4.90 Å². The Kier molecular flexibility index (Phi) is 5.01. The molecule has 0 radical (unpaired) electrons. The summed E-state index contributed by atoms with van der Waals surface area (Å²) in [5.74, 6) is 0.165. The number of carbonyl (C=O) groups excluding carboxylic acids is 1. The molecule has 2 aromatic rings. The molecular formula is C19H23N3O2. The summed E-state index contributed by atoms with van der Waals surface area (Å²) in [5, 5.41) is 12.8. The van der Waals surface area contributed by atoms with E-state index in [9.17, 15) is 9.90 Å². The normalized spacial score (nSPS) is 15.3. The number of phenolic OH excluding ortho intramolecular Hbond substituents is 1. The summed E-state index contributed by atoms with van der Waals surface area (Å²) in [6.07, 6.45) is 0. The largest absolute Gasteiger partial charge is 0.508 e. The van der Waals surface area contributed by atoms with Crippen molar-refractivity contribution in [2.24, 2.45) is 0 Å². The van der Waals surface area contributed by atoms with Crippen LogP contribution in [0.5, 0.6) is 5.75 Å². The topological polar surface area (TPSA) is 55.8 Å². The van der Waals surface area contributed by atoms with E-state index in [1.165, 1.54) is 12.6 Å². The molecule has 1 heterocycles. The van der Waals surface area contributed by atoms with Gasteiger partial charge in [0.15, 0.2) is 0 Å². The predicted octanol–water partition coefficient (Wildman–Crippen LogP) is 2.67. The van der Waals surface area contributed by atoms with Crippen molar-refractivity contribution in [3.8, 4) is 5.75 Å². The molecule has 0 unspecified atom stereocenters. The monoisotopic (exact) mass is 325 g/mol. The SMILES string of the molecule is CC(=O)Nc1ccc(O)c(CN2CCN(c3ccccc3)CC2)c1. The highest BCUT2D eigenvalue weighted by Gasteiger charge is 2.18. The van der Waals surface area contributed by atoms with E-state index in [1.807, 2.05) is 12.1 Å². The first-order chi connectivity index (χ1) is 11.6. The summed E-state index contributed by atoms with van der Waals surface area (Å²) in [6.45, 7) is 5.99. The molecule has 126 valence electrons. The quantitative estimate of drug-likeness (QED) is 0.849. The van der Waals surface area contributed by atoms with Crippen LogP contribution in [0.4, 0.5) is 11.4 Å². The van der Waals surface area contributed by atoms with Crippen molar-refractivity contribution in [1.29, 1.82) is 0 Å². The van der Waals surface area contributed by atoms with Crippen LogP contribution in [0.25, 0.3) is 0 Å². The van der Waals surface area contributed by atoms with Crippen LogP contribution in [0.2, 0.25) is 0 Å². The lowest BCUT2D eigenvalue weighted by Crippen LogP contribution is -2.45. The van der Waals surface area contributed by atoms with E-state index in [-0.39, 0.29) is 11.7 Å². The number of para-hydroxylation sites is 1. The van der Waals surface area contributed by atoms with Gasteiger partial charge in [-0.2, -0.15) is 0 Å². The highest BCUT2D eigenvalue weighted by atomic mass is 16.3. The lowest BCUT2D eigenvalue weighted by atomic mass is 10.1. The van der Waals surface area contributed by atoms with E-state index < -0.39 is 0 Å². The first kappa shape index (κ1) is 16.3. The van der Waals surface area contributed by atoms with E-state index in [1.54, 1.807) is 12.1 Å². The van der Waals surface area contributed by atoms with Crippen LogP contribution in [-0.2, 0) is 11.3 Å². The van der Waals surface area contributed by atoms with Crippen LogP contribution < -0.4 is 10.2 Å². The molecule has 5 nitrogen and oxygen atoms in total. The number of nitrogens with one attached hydrogen (secondary N) is 1. The van der Waals surface area contributed by atoms with Crippen LogP contribution in [0.15, 0.2) is 48.5 Å². The van der Waals surface area contributed by atoms with Crippen LogP contribution in [0, 0.1) is 0 Å². The third kappa shape index (κ3) is 4.06. The van der Waals surface area contributed by atoms with Crippen LogP contribution in [0.3, 0.4) is 0 Å². The predicted molar refractivity (Wildman–Crippen MR) is 96.3 cm³/mol. The Morgan fingerprint density at radius 1 is 1.08 bits per heavy atom. The summed E-state index contributed by atoms with van der Waals surface area (Å²) in [5.41, 5.74) is 2.82. The van der Waals surface area contributed by atoms with Crippen molar-refractivity contribution in [3.05, 3.63) is 54.1 Å². The third-order valence-corrected chi connectivity index (χ3v) is 4.29. The molecule has 1 saturated heterocycles. The molecule has 0 spiro atoms. The van der Waals surface area contributed by atoms with E-state index in [2.05, 4.69) is 39.4 Å². The minimum atomic E-state index is -0.108. The zero-order valence-electron chi connectivity index (χ0n) is 13.9. The van der Waals surface area contributed by atoms with Crippen molar-refractivity contribution < 1.29 is 9.90 Å². The molecule has 1 aliphatic heterocycles. The average Bonchev–Trinajstić information content (AvgIpc) is 2.59. The summed E-state index contributed by atoms with van der Waals surface area (Å²) in [4.78, 5) is 15.9. The number of benzene rings is 2. The summed E-state index contributed by atoms with van der Waals surface area (Å²) in [7, 11) is 0. The van der Waals surface area contributed by atoms with Gasteiger partial charge in [-0.05, 0) is 30.3 Å². The van der Waals surface area contributed by atoms with Gasteiger partial charge in [-0.1, -0.05) is 18.2 Å². The molecule has 0 aromatic heterocycles. The fourth-order valence-electron chi connectivity index (χ4n) is 3.04. The van der Waals surface area contributed by atoms with Crippen molar-refractivity contribution in [2.75, 3.05) is 36.4 Å². The second-order valence-electron chi connectivity index (χ2n) is 6.12. The van der Waals surface area contributed by atoms with Crippen molar-refractivity contribution in [2.45, 2.75) is 13.5 Å². The Balaban J connectivity index is 1.61. The fraction of sp³-hybridized carbons (Fsp3) is 0.316. The fourth-order valence-corrected chi connectivity index (χ4v) is 3.04. The zero-order valence-corrected chi connectivity index (χ0v) is 13.9. The Bertz CT molecular complexity index is 695. The van der Waals surface area contributed by atoms with Gasteiger partial charge in [0.2, 0.25) is 5.91 Å². The van der Waals surface area contributed by atoms with Gasteiger partial charge < -0.3 is 15.3 Å². The molecule has 3 rings (SSSR count). The van der Waals surface area contributed by atoms with Gasteiger partial charge in [-0.3, -0.25) is 9.69 Å². The van der Waals surface area contributed by atoms with E-state index >= 15 is 0 Å². The van der Waals surface area contributed by atoms with E-state index in [4.69, 9.17) is 0 Å². The first-order valence-electron chi connectivity index (χ1n) is 8.23. The summed E-state index contributed by atoms with van der Waals surface area (Å²) < 4.78 is 0. The van der Waals surface area contributed by atoms with Gasteiger partial charge in [0.05, 0.1) is 0 Å². The smallest absolute Gasteiger partial charge is 0.221 e. The van der Waals surface area contributed by atoms with Gasteiger partial charge in [0.1, 0.15) is 5.75 Å². The number of hydrogen-bond donors (Lipinski definition) is 2. The van der Waals surface area contributed by atoms with E-state index in [0.29, 0.717) is 6.54 Å². The summed E-state index contributed by atoms with van der Waals surface area (Å²) >= 11 is 0. The molecule has 1 amide bonds. The zero-order chi connectivity index (χ0) is 16.9. The van der Waals surface area contributed by atoms with Gasteiger partial charge in [0.25, 0.3) is 0 Å². The Morgan fingerprint density at radius 3 is 2.46 bits per heavy atom. The maximum absolute atomic E-state index is 11.2. The number of piperazine rings is 1. The number of carbonyl (C=O) groups is 1. The number of hydrogen-bond acceptors (Lipinski definition) is 4. The van der Waals surface area contributed by atoms with Gasteiger partial charge in [-0.25, -0.2) is 0 Å². The lowest BCUT2D eigenvalue weighted by molar-refractivity contribution is -0.114. The van der Waals surface area contributed by atoms with Crippen LogP contribution in [0.1, 0.15) is 12.5 Å². The molecule has 1 aliphatic rings. The number of phenols is 1. The second kappa shape index (κ2) is 7.36. The molecule has 0 aliphatic carbocycles. The number of rotatable bonds is 4. The highest BCUT2D eigenvalue weighted by molar-refractivity contribution is 5.88. The second-order valence-corrected chi connectivity index (χ2v) is 6.12. The van der Waals surface area contributed by atoms with Crippen LogP contribution in [-0.4, -0.2) is 42.1 Å². The molecule has 0 atom stereocenters. The lowest BCUT2D eigenvalue weighted by Gasteiger charge is -2.36. The Labute approximate surface area is 142 Å². The minimum absolute atomic E-state index is 0.108. The van der Waals surface area contributed by atoms with Gasteiger partial charge in [0, 0.05) is 56.6 Å². The molecule has 5 heteroatoms. The average molecular weight is 325 g/mol. The standard InChI is InChI=1S/C19H23N3O2/c1-15(23)20-17-7-8-19(24)16(13-17)14-21-9-11-22(12-10-21)18-5-3-2-4-6-18/h2-8,13,24H,9-12,14H2,1H3,(H,20,23). The molecular weight excluding hydrogens is 302 g/mol. The van der Waals surface area contributed by atoms with Crippen LogP contribution >= 0.6 is 0 Å². The van der Waals surface area contributed by atoms with Crippen molar-refractivity contribution >= 4 is 17.3 Å². The number of amides is 1.